The van der Waals surface area contributed by atoms with E-state index >= 15 is 4.39 Å². The van der Waals surface area contributed by atoms with Crippen molar-refractivity contribution >= 4 is 13.6 Å². The highest BCUT2D eigenvalue weighted by Crippen LogP contribution is 2.50. The molecule has 37 heavy (non-hydrogen) atoms. The topological polar surface area (TPSA) is 130 Å². The molecule has 0 spiro atoms. The van der Waals surface area contributed by atoms with Crippen molar-refractivity contribution in [2.75, 3.05) is 6.61 Å². The second-order valence-electron chi connectivity index (χ2n) is 8.61. The average molecular weight is 542 g/mol. The Morgan fingerprint density at radius 3 is 2.65 bits per heavy atom. The summed E-state index contributed by atoms with van der Waals surface area (Å²) in [6, 6.07) is 6.53. The summed E-state index contributed by atoms with van der Waals surface area (Å²) in [6.45, 7) is 4.81. The number of nitrogens with one attached hydrogen (secondary N) is 1. The summed E-state index contributed by atoms with van der Waals surface area (Å²) in [4.78, 5) is 41.5. The Kier molecular flexibility index (Phi) is 8.68. The van der Waals surface area contributed by atoms with E-state index in [9.17, 15) is 23.3 Å². The predicted octanol–water partition coefficient (Wildman–Crippen LogP) is 3.69. The Balaban J connectivity index is 1.82. The van der Waals surface area contributed by atoms with Crippen LogP contribution in [-0.4, -0.2) is 46.3 Å². The van der Waals surface area contributed by atoms with E-state index in [0.717, 1.165) is 10.8 Å². The minimum atomic E-state index is -4.53. The first-order valence-electron chi connectivity index (χ1n) is 11.3. The molecule has 0 aliphatic carbocycles. The third-order valence-electron chi connectivity index (χ3n) is 5.13. The van der Waals surface area contributed by atoms with Gasteiger partial charge in [0.25, 0.3) is 11.4 Å². The van der Waals surface area contributed by atoms with Crippen LogP contribution in [-0.2, 0) is 23.4 Å². The number of esters is 1. The van der Waals surface area contributed by atoms with Gasteiger partial charge in [0, 0.05) is 25.1 Å². The molecule has 0 bridgehead atoms. The largest absolute Gasteiger partial charge is 0.530 e. The number of aromatic amines is 1. The zero-order valence-corrected chi connectivity index (χ0v) is 21.4. The first-order valence-corrected chi connectivity index (χ1v) is 12.9. The number of hydrogen-bond acceptors (Lipinski definition) is 8. The Hall–Kier alpha value is -3.33. The number of hydrogen-bond donors (Lipinski definition) is 1. The zero-order chi connectivity index (χ0) is 27.4. The van der Waals surface area contributed by atoms with Crippen LogP contribution in [0.1, 0.15) is 39.0 Å². The summed E-state index contributed by atoms with van der Waals surface area (Å²) in [5.74, 6) is -1.70. The van der Waals surface area contributed by atoms with Crippen molar-refractivity contribution in [1.82, 2.24) is 9.55 Å². The van der Waals surface area contributed by atoms with Gasteiger partial charge in [-0.2, -0.15) is 0 Å². The number of benzene rings is 1. The van der Waals surface area contributed by atoms with Crippen molar-refractivity contribution in [3.8, 4) is 11.6 Å². The Morgan fingerprint density at radius 1 is 1.32 bits per heavy atom. The molecule has 200 valence electrons. The number of rotatable bonds is 8. The molecule has 0 amide bonds. The highest BCUT2D eigenvalue weighted by molar-refractivity contribution is 7.59. The highest BCUT2D eigenvalue weighted by Gasteiger charge is 2.53. The van der Waals surface area contributed by atoms with Gasteiger partial charge in [0.1, 0.15) is 18.6 Å². The van der Waals surface area contributed by atoms with E-state index < -0.39 is 68.2 Å². The van der Waals surface area contributed by atoms with Crippen LogP contribution in [0.5, 0.6) is 5.75 Å². The molecule has 2 aromatic rings. The van der Waals surface area contributed by atoms with Crippen LogP contribution in [0.2, 0.25) is 0 Å². The lowest BCUT2D eigenvalue weighted by molar-refractivity contribution is -0.192. The second-order valence-corrected chi connectivity index (χ2v) is 10.2. The molecule has 3 rings (SSSR count). The van der Waals surface area contributed by atoms with Gasteiger partial charge in [-0.05, 0) is 32.9 Å². The molecule has 11 nitrogen and oxygen atoms in total. The molecule has 1 fully saturated rings. The molecule has 5 atom stereocenters. The van der Waals surface area contributed by atoms with Gasteiger partial charge in [0.05, 0.1) is 6.10 Å². The maximum absolute atomic E-state index is 15.5. The smallest absolute Gasteiger partial charge is 0.457 e. The number of para-hydroxylation sites is 1. The van der Waals surface area contributed by atoms with Crippen LogP contribution >= 0.6 is 7.60 Å². The highest BCUT2D eigenvalue weighted by atomic mass is 31.2. The van der Waals surface area contributed by atoms with Crippen LogP contribution in [0.4, 0.5) is 8.78 Å². The number of nitrogens with zero attached hydrogens (tertiary/aromatic N) is 2. The number of halogens is 2. The van der Waals surface area contributed by atoms with Crippen LogP contribution < -0.4 is 15.8 Å². The van der Waals surface area contributed by atoms with Crippen molar-refractivity contribution in [2.45, 2.75) is 64.5 Å². The summed E-state index contributed by atoms with van der Waals surface area (Å²) in [7, 11) is -4.53. The predicted molar refractivity (Wildman–Crippen MR) is 128 cm³/mol. The molecule has 1 N–H and O–H groups in total. The second kappa shape index (κ2) is 11.4. The fourth-order valence-electron chi connectivity index (χ4n) is 3.21. The fourth-order valence-corrected chi connectivity index (χ4v) is 4.42. The summed E-state index contributed by atoms with van der Waals surface area (Å²) < 4.78 is 65.1. The van der Waals surface area contributed by atoms with Crippen LogP contribution in [0, 0.1) is 12.7 Å². The van der Waals surface area contributed by atoms with Gasteiger partial charge in [-0.1, -0.05) is 23.0 Å². The quantitative estimate of drug-likeness (QED) is 0.395. The Morgan fingerprint density at radius 2 is 2.00 bits per heavy atom. The van der Waals surface area contributed by atoms with Crippen molar-refractivity contribution in [2.24, 2.45) is 0 Å². The van der Waals surface area contributed by atoms with E-state index in [4.69, 9.17) is 18.5 Å². The minimum Gasteiger partial charge on any atom is -0.457 e. The van der Waals surface area contributed by atoms with Crippen LogP contribution in [0.3, 0.4) is 0 Å². The van der Waals surface area contributed by atoms with E-state index in [1.807, 2.05) is 4.98 Å². The fraction of sp³-hybridized carbons (Fsp3) is 0.478. The Bertz CT molecular complexity index is 1350. The lowest BCUT2D eigenvalue weighted by atomic mass is 10.2. The van der Waals surface area contributed by atoms with Gasteiger partial charge in [-0.25, -0.2) is 22.9 Å². The van der Waals surface area contributed by atoms with Gasteiger partial charge >= 0.3 is 31.1 Å². The number of alkyl halides is 2. The summed E-state index contributed by atoms with van der Waals surface area (Å²) in [5.41, 5.74) is -1.44. The molecule has 14 heteroatoms. The number of H-pyrrole nitrogens is 1. The lowest BCUT2D eigenvalue weighted by Gasteiger charge is -2.23. The molecule has 1 unspecified atom stereocenters. The van der Waals surface area contributed by atoms with Crippen LogP contribution in [0.25, 0.3) is 4.85 Å². The van der Waals surface area contributed by atoms with E-state index in [1.54, 1.807) is 32.0 Å². The van der Waals surface area contributed by atoms with E-state index in [1.165, 1.54) is 26.0 Å². The summed E-state index contributed by atoms with van der Waals surface area (Å²) in [5, 5.41) is 0. The van der Waals surface area contributed by atoms with Gasteiger partial charge < -0.3 is 14.0 Å². The molecule has 0 radical (unpaired) electrons. The molecule has 1 aromatic carbocycles. The molecular formula is C23H27F2N3O8P+. The first kappa shape index (κ1) is 28.2. The van der Waals surface area contributed by atoms with E-state index in [-0.39, 0.29) is 11.3 Å². The number of carbonyl (C=O) groups excluding carboxylic acids is 1. The molecule has 2 heterocycles. The van der Waals surface area contributed by atoms with Gasteiger partial charge in [-0.3, -0.25) is 18.9 Å². The van der Waals surface area contributed by atoms with Gasteiger partial charge in [0.15, 0.2) is 6.17 Å². The molecule has 1 aliphatic heterocycles. The normalized spacial score (nSPS) is 23.5. The monoisotopic (exact) mass is 542 g/mol. The standard InChI is InChI=1S/C23H26F2N3O8P/c1-14(2)34-21(30)16(4)26-13-37(32,36-17-8-6-5-7-9-17)33-12-23(25)18(24)10-19(35-23)28-11-15(3)20(29)27-22(28)31/h5-9,11,14,16,18-19H,10,12H2,1-4H3/p+1/t16-,18-,19+,23+,37?/m0/s1. The maximum atomic E-state index is 15.5. The van der Waals surface area contributed by atoms with Gasteiger partial charge in [-0.15, -0.1) is 0 Å². The van der Waals surface area contributed by atoms with Crippen molar-refractivity contribution in [3.05, 3.63) is 67.8 Å². The molecular weight excluding hydrogens is 515 g/mol. The maximum Gasteiger partial charge on any atom is 0.530 e. The average Bonchev–Trinajstić information content (AvgIpc) is 3.13. The lowest BCUT2D eigenvalue weighted by Crippen LogP contribution is -2.38. The molecule has 1 aliphatic rings. The van der Waals surface area contributed by atoms with Crippen molar-refractivity contribution in [1.29, 1.82) is 0 Å². The third kappa shape index (κ3) is 7.13. The van der Waals surface area contributed by atoms with Crippen molar-refractivity contribution < 1.29 is 36.7 Å². The van der Waals surface area contributed by atoms with E-state index in [2.05, 4.69) is 10.7 Å². The number of aryl methyl sites for hydroxylation is 1. The summed E-state index contributed by atoms with van der Waals surface area (Å²) in [6.07, 6.45) is -3.60. The van der Waals surface area contributed by atoms with Crippen molar-refractivity contribution in [3.63, 3.8) is 0 Å². The minimum absolute atomic E-state index is 0.0520. The van der Waals surface area contributed by atoms with Crippen LogP contribution in [0.15, 0.2) is 46.1 Å². The SMILES string of the molecule is Cc1cn([C@H]2C[C@H](F)[C@@](F)(COP(=O)(C#[N+][C@@H](C)C(=O)OC(C)C)Oc3ccccc3)O2)c(=O)[nH]c1=O. The summed E-state index contributed by atoms with van der Waals surface area (Å²) >= 11 is 0. The number of carbonyl (C=O) groups is 1. The number of ether oxygens (including phenoxy) is 2. The number of aromatic nitrogens is 2. The molecule has 1 aromatic heterocycles. The Labute approximate surface area is 210 Å². The first-order chi connectivity index (χ1) is 17.3. The van der Waals surface area contributed by atoms with Gasteiger partial charge in [0.2, 0.25) is 0 Å². The molecule has 0 saturated carbocycles. The van der Waals surface area contributed by atoms with E-state index in [0.29, 0.717) is 0 Å². The molecule has 1 saturated heterocycles. The third-order valence-corrected chi connectivity index (χ3v) is 6.41. The zero-order valence-electron chi connectivity index (χ0n) is 20.6.